The van der Waals surface area contributed by atoms with Gasteiger partial charge in [0.05, 0.1) is 22.9 Å². The van der Waals surface area contributed by atoms with Gasteiger partial charge in [-0.1, -0.05) is 23.5 Å². The van der Waals surface area contributed by atoms with Crippen LogP contribution in [0.2, 0.25) is 0 Å². The average molecular weight is 375 g/mol. The second-order valence-electron chi connectivity index (χ2n) is 5.72. The summed E-state index contributed by atoms with van der Waals surface area (Å²) in [5.74, 6) is 0. The summed E-state index contributed by atoms with van der Waals surface area (Å²) < 4.78 is 39.8. The fourth-order valence-corrected chi connectivity index (χ4v) is 3.28. The predicted molar refractivity (Wildman–Crippen MR) is 93.6 cm³/mol. The van der Waals surface area contributed by atoms with Gasteiger partial charge in [-0.2, -0.15) is 13.2 Å². The lowest BCUT2D eigenvalue weighted by atomic mass is 10.1. The molecule has 9 heteroatoms. The summed E-state index contributed by atoms with van der Waals surface area (Å²) in [6.07, 6.45) is -2.66. The Kier molecular flexibility index (Phi) is 3.87. The van der Waals surface area contributed by atoms with Crippen LogP contribution in [-0.4, -0.2) is 19.7 Å². The SMILES string of the molecule is Nc1nnc(-c2ccc3c(c2)ncn3Cc2ccc(C(F)(F)F)cc2)s1. The van der Waals surface area contributed by atoms with Crippen molar-refractivity contribution < 1.29 is 13.2 Å². The van der Waals surface area contributed by atoms with E-state index in [0.29, 0.717) is 16.7 Å². The number of hydrogen-bond donors (Lipinski definition) is 1. The highest BCUT2D eigenvalue weighted by atomic mass is 32.1. The van der Waals surface area contributed by atoms with Crippen LogP contribution in [0, 0.1) is 0 Å². The minimum absolute atomic E-state index is 0.396. The minimum Gasteiger partial charge on any atom is -0.374 e. The molecule has 0 radical (unpaired) electrons. The molecule has 2 heterocycles. The number of nitrogen functional groups attached to an aromatic ring is 1. The maximum absolute atomic E-state index is 12.7. The van der Waals surface area contributed by atoms with E-state index in [1.54, 1.807) is 6.33 Å². The van der Waals surface area contributed by atoms with E-state index in [-0.39, 0.29) is 0 Å². The van der Waals surface area contributed by atoms with Gasteiger partial charge in [0.15, 0.2) is 0 Å². The number of imidazole rings is 1. The van der Waals surface area contributed by atoms with Crippen LogP contribution in [-0.2, 0) is 12.7 Å². The molecule has 26 heavy (non-hydrogen) atoms. The van der Waals surface area contributed by atoms with Gasteiger partial charge in [-0.25, -0.2) is 4.98 Å². The van der Waals surface area contributed by atoms with Gasteiger partial charge in [-0.3, -0.25) is 0 Å². The van der Waals surface area contributed by atoms with E-state index in [4.69, 9.17) is 5.73 Å². The molecule has 0 bridgehead atoms. The number of rotatable bonds is 3. The third kappa shape index (κ3) is 3.13. The minimum atomic E-state index is -4.33. The summed E-state index contributed by atoms with van der Waals surface area (Å²) in [7, 11) is 0. The van der Waals surface area contributed by atoms with Gasteiger partial charge in [0.1, 0.15) is 5.01 Å². The van der Waals surface area contributed by atoms with Gasteiger partial charge < -0.3 is 10.3 Å². The number of nitrogens with zero attached hydrogens (tertiary/aromatic N) is 4. The topological polar surface area (TPSA) is 69.6 Å². The van der Waals surface area contributed by atoms with Crippen molar-refractivity contribution in [1.29, 1.82) is 0 Å². The zero-order valence-corrected chi connectivity index (χ0v) is 14.1. The number of aromatic nitrogens is 4. The summed E-state index contributed by atoms with van der Waals surface area (Å²) >= 11 is 1.29. The van der Waals surface area contributed by atoms with Crippen molar-refractivity contribution in [2.24, 2.45) is 0 Å². The molecular formula is C17H12F3N5S. The van der Waals surface area contributed by atoms with Gasteiger partial charge in [0, 0.05) is 12.1 Å². The number of anilines is 1. The third-order valence-electron chi connectivity index (χ3n) is 3.94. The monoisotopic (exact) mass is 375 g/mol. The first-order chi connectivity index (χ1) is 12.4. The van der Waals surface area contributed by atoms with Crippen molar-refractivity contribution >= 4 is 27.5 Å². The lowest BCUT2D eigenvalue weighted by molar-refractivity contribution is -0.137. The fraction of sp³-hybridized carbons (Fsp3) is 0.118. The molecule has 2 aromatic heterocycles. The first-order valence-electron chi connectivity index (χ1n) is 7.60. The van der Waals surface area contributed by atoms with Gasteiger partial charge in [0.25, 0.3) is 0 Å². The van der Waals surface area contributed by atoms with Crippen LogP contribution in [0.1, 0.15) is 11.1 Å². The molecule has 0 fully saturated rings. The molecule has 2 aromatic carbocycles. The molecule has 4 rings (SSSR count). The molecule has 5 nitrogen and oxygen atoms in total. The first kappa shape index (κ1) is 16.5. The highest BCUT2D eigenvalue weighted by molar-refractivity contribution is 7.18. The molecule has 0 saturated heterocycles. The van der Waals surface area contributed by atoms with Gasteiger partial charge in [-0.15, -0.1) is 10.2 Å². The fourth-order valence-electron chi connectivity index (χ4n) is 2.67. The Hall–Kier alpha value is -2.94. The van der Waals surface area contributed by atoms with E-state index in [9.17, 15) is 13.2 Å². The molecular weight excluding hydrogens is 363 g/mol. The van der Waals surface area contributed by atoms with Crippen LogP contribution in [0.3, 0.4) is 0 Å². The quantitative estimate of drug-likeness (QED) is 0.583. The molecule has 2 N–H and O–H groups in total. The van der Waals surface area contributed by atoms with Crippen molar-refractivity contribution in [2.45, 2.75) is 12.7 Å². The maximum Gasteiger partial charge on any atom is 0.416 e. The zero-order valence-electron chi connectivity index (χ0n) is 13.2. The number of hydrogen-bond acceptors (Lipinski definition) is 5. The second kappa shape index (κ2) is 6.10. The molecule has 0 amide bonds. The van der Waals surface area contributed by atoms with Crippen LogP contribution in [0.4, 0.5) is 18.3 Å². The van der Waals surface area contributed by atoms with E-state index in [1.807, 2.05) is 22.8 Å². The predicted octanol–water partition coefficient (Wildman–Crippen LogP) is 4.20. The van der Waals surface area contributed by atoms with Gasteiger partial charge in [0.2, 0.25) is 5.13 Å². The van der Waals surface area contributed by atoms with Crippen LogP contribution < -0.4 is 5.73 Å². The Labute approximate surface area is 149 Å². The molecule has 0 aliphatic rings. The van der Waals surface area contributed by atoms with Crippen molar-refractivity contribution in [2.75, 3.05) is 5.73 Å². The highest BCUT2D eigenvalue weighted by Crippen LogP contribution is 2.30. The van der Waals surface area contributed by atoms with Crippen molar-refractivity contribution in [1.82, 2.24) is 19.7 Å². The third-order valence-corrected chi connectivity index (χ3v) is 4.74. The Bertz CT molecular complexity index is 1070. The highest BCUT2D eigenvalue weighted by Gasteiger charge is 2.29. The summed E-state index contributed by atoms with van der Waals surface area (Å²) in [5.41, 5.74) is 8.23. The number of fused-ring (bicyclic) bond motifs is 1. The summed E-state index contributed by atoms with van der Waals surface area (Å²) in [6, 6.07) is 10.8. The standard InChI is InChI=1S/C17H12F3N5S/c18-17(19,20)12-4-1-10(2-5-12)8-25-9-22-13-7-11(3-6-14(13)25)15-23-24-16(21)26-15/h1-7,9H,8H2,(H2,21,24). The largest absolute Gasteiger partial charge is 0.416 e. The van der Waals surface area contributed by atoms with Crippen LogP contribution in [0.25, 0.3) is 21.6 Å². The van der Waals surface area contributed by atoms with Gasteiger partial charge >= 0.3 is 6.18 Å². The number of alkyl halides is 3. The van der Waals surface area contributed by atoms with Crippen molar-refractivity contribution in [3.63, 3.8) is 0 Å². The molecule has 0 aliphatic carbocycles. The van der Waals surface area contributed by atoms with Crippen LogP contribution in [0.5, 0.6) is 0 Å². The van der Waals surface area contributed by atoms with E-state index in [2.05, 4.69) is 15.2 Å². The summed E-state index contributed by atoms with van der Waals surface area (Å²) in [6.45, 7) is 0.430. The van der Waals surface area contributed by atoms with E-state index < -0.39 is 11.7 Å². The lowest BCUT2D eigenvalue weighted by Crippen LogP contribution is -2.05. The molecule has 0 atom stereocenters. The molecule has 0 unspecified atom stereocenters. The first-order valence-corrected chi connectivity index (χ1v) is 8.42. The summed E-state index contributed by atoms with van der Waals surface area (Å²) in [5, 5.41) is 8.92. The molecule has 132 valence electrons. The van der Waals surface area contributed by atoms with E-state index >= 15 is 0 Å². The average Bonchev–Trinajstić information content (AvgIpc) is 3.21. The van der Waals surface area contributed by atoms with Crippen molar-refractivity contribution in [3.05, 3.63) is 59.9 Å². The lowest BCUT2D eigenvalue weighted by Gasteiger charge is -2.08. The molecule has 0 saturated carbocycles. The Balaban J connectivity index is 1.61. The molecule has 0 spiro atoms. The Morgan fingerprint density at radius 3 is 2.46 bits per heavy atom. The number of halogens is 3. The zero-order chi connectivity index (χ0) is 18.3. The normalized spacial score (nSPS) is 12.0. The van der Waals surface area contributed by atoms with Crippen LogP contribution >= 0.6 is 11.3 Å². The van der Waals surface area contributed by atoms with Gasteiger partial charge in [-0.05, 0) is 35.9 Å². The second-order valence-corrected chi connectivity index (χ2v) is 6.73. The number of nitrogens with two attached hydrogens (primary N) is 1. The van der Waals surface area contributed by atoms with Crippen LogP contribution in [0.15, 0.2) is 48.8 Å². The Morgan fingerprint density at radius 1 is 1.04 bits per heavy atom. The van der Waals surface area contributed by atoms with Crippen molar-refractivity contribution in [3.8, 4) is 10.6 Å². The Morgan fingerprint density at radius 2 is 1.81 bits per heavy atom. The van der Waals surface area contributed by atoms with E-state index in [0.717, 1.165) is 34.3 Å². The summed E-state index contributed by atoms with van der Waals surface area (Å²) in [4.78, 5) is 4.37. The molecule has 0 aliphatic heterocycles. The van der Waals surface area contributed by atoms with E-state index in [1.165, 1.54) is 23.5 Å². The number of benzene rings is 2. The smallest absolute Gasteiger partial charge is 0.374 e. The maximum atomic E-state index is 12.7. The molecule has 4 aromatic rings.